The molecule has 1 saturated carbocycles. The standard InChI is InChI=1S/C18H17BrFN3O2S/c1-8-6-18(17(21)25)7-13(18)23(8)16(24)14-15(26-9(2)22-14)10-3-4-12(20)11(19)5-10/h3-5,8,13H,6-7H2,1-2H3,(H2,21,25)/t8-,13-,18+/m0/s1. The molecule has 0 unspecified atom stereocenters. The zero-order valence-corrected chi connectivity index (χ0v) is 16.7. The fourth-order valence-corrected chi connectivity index (χ4v) is 5.32. The van der Waals surface area contributed by atoms with E-state index in [2.05, 4.69) is 20.9 Å². The highest BCUT2D eigenvalue weighted by atomic mass is 79.9. The smallest absolute Gasteiger partial charge is 0.274 e. The van der Waals surface area contributed by atoms with Crippen molar-refractivity contribution in [3.63, 3.8) is 0 Å². The number of carbonyl (C=O) groups excluding carboxylic acids is 2. The van der Waals surface area contributed by atoms with Crippen molar-refractivity contribution in [2.24, 2.45) is 11.1 Å². The van der Waals surface area contributed by atoms with Gasteiger partial charge in [0, 0.05) is 12.1 Å². The van der Waals surface area contributed by atoms with Crippen LogP contribution >= 0.6 is 27.3 Å². The van der Waals surface area contributed by atoms with E-state index in [9.17, 15) is 14.0 Å². The molecule has 2 aromatic rings. The fraction of sp³-hybridized carbons (Fsp3) is 0.389. The molecule has 26 heavy (non-hydrogen) atoms. The van der Waals surface area contributed by atoms with Crippen molar-refractivity contribution in [1.82, 2.24) is 9.88 Å². The minimum Gasteiger partial charge on any atom is -0.369 e. The van der Waals surface area contributed by atoms with Crippen LogP contribution in [0.3, 0.4) is 0 Å². The van der Waals surface area contributed by atoms with Gasteiger partial charge in [0.25, 0.3) is 5.91 Å². The number of fused-ring (bicyclic) bond motifs is 1. The topological polar surface area (TPSA) is 76.3 Å². The Hall–Kier alpha value is -1.80. The molecule has 1 aliphatic carbocycles. The maximum Gasteiger partial charge on any atom is 0.274 e. The Labute approximate surface area is 162 Å². The molecule has 4 rings (SSSR count). The van der Waals surface area contributed by atoms with Gasteiger partial charge in [0.05, 0.1) is 19.8 Å². The maximum atomic E-state index is 13.6. The van der Waals surface area contributed by atoms with Gasteiger partial charge in [0.15, 0.2) is 0 Å². The van der Waals surface area contributed by atoms with E-state index in [1.54, 1.807) is 17.0 Å². The quantitative estimate of drug-likeness (QED) is 0.797. The first-order chi connectivity index (χ1) is 12.2. The van der Waals surface area contributed by atoms with E-state index < -0.39 is 5.41 Å². The van der Waals surface area contributed by atoms with E-state index in [1.165, 1.54) is 17.4 Å². The van der Waals surface area contributed by atoms with E-state index in [4.69, 9.17) is 5.73 Å². The number of primary amides is 1. The average Bonchev–Trinajstić information content (AvgIpc) is 3.01. The Balaban J connectivity index is 1.72. The summed E-state index contributed by atoms with van der Waals surface area (Å²) in [6.45, 7) is 3.77. The third-order valence-corrected chi connectivity index (χ3v) is 6.98. The number of carbonyl (C=O) groups is 2. The van der Waals surface area contributed by atoms with Crippen molar-refractivity contribution in [3.05, 3.63) is 39.2 Å². The number of hydrogen-bond donors (Lipinski definition) is 1. The molecule has 8 heteroatoms. The lowest BCUT2D eigenvalue weighted by Gasteiger charge is -2.24. The summed E-state index contributed by atoms with van der Waals surface area (Å²) in [5.74, 6) is -0.884. The lowest BCUT2D eigenvalue weighted by molar-refractivity contribution is -0.123. The van der Waals surface area contributed by atoms with Crippen LogP contribution in [0.1, 0.15) is 35.3 Å². The molecule has 2 N–H and O–H groups in total. The zero-order valence-electron chi connectivity index (χ0n) is 14.3. The summed E-state index contributed by atoms with van der Waals surface area (Å²) in [4.78, 5) is 32.0. The molecular weight excluding hydrogens is 421 g/mol. The molecule has 5 nitrogen and oxygen atoms in total. The number of nitrogens with zero attached hydrogens (tertiary/aromatic N) is 2. The van der Waals surface area contributed by atoms with Gasteiger partial charge in [0.1, 0.15) is 11.5 Å². The summed E-state index contributed by atoms with van der Waals surface area (Å²) in [5, 5.41) is 0.757. The minimum atomic E-state index is -0.570. The normalized spacial score (nSPS) is 26.7. The molecule has 2 aliphatic rings. The van der Waals surface area contributed by atoms with Crippen molar-refractivity contribution in [2.45, 2.75) is 38.8 Å². The van der Waals surface area contributed by atoms with Gasteiger partial charge >= 0.3 is 0 Å². The number of aromatic nitrogens is 1. The summed E-state index contributed by atoms with van der Waals surface area (Å²) < 4.78 is 13.9. The van der Waals surface area contributed by atoms with Crippen LogP contribution in [0.15, 0.2) is 22.7 Å². The molecule has 0 radical (unpaired) electrons. The van der Waals surface area contributed by atoms with Crippen LogP contribution < -0.4 is 5.73 Å². The van der Waals surface area contributed by atoms with E-state index in [0.717, 1.165) is 10.6 Å². The Morgan fingerprint density at radius 3 is 2.77 bits per heavy atom. The van der Waals surface area contributed by atoms with Crippen molar-refractivity contribution in [1.29, 1.82) is 0 Å². The van der Waals surface area contributed by atoms with E-state index in [1.807, 2.05) is 13.8 Å². The highest BCUT2D eigenvalue weighted by Crippen LogP contribution is 2.59. The number of nitrogens with two attached hydrogens (primary N) is 1. The minimum absolute atomic E-state index is 0.0661. The zero-order chi connectivity index (χ0) is 18.8. The summed E-state index contributed by atoms with van der Waals surface area (Å²) in [6, 6.07) is 4.44. The molecule has 0 bridgehead atoms. The SMILES string of the molecule is Cc1nc(C(=O)N2[C@H]3C[C@]3(C(N)=O)C[C@@H]2C)c(-c2ccc(F)c(Br)c2)s1. The number of rotatable bonds is 3. The van der Waals surface area contributed by atoms with Crippen LogP contribution in [0.25, 0.3) is 10.4 Å². The lowest BCUT2D eigenvalue weighted by Crippen LogP contribution is -2.37. The van der Waals surface area contributed by atoms with E-state index in [0.29, 0.717) is 27.9 Å². The second-order valence-corrected chi connectivity index (χ2v) is 9.10. The third kappa shape index (κ3) is 2.50. The molecule has 1 aromatic heterocycles. The Morgan fingerprint density at radius 2 is 2.15 bits per heavy atom. The maximum absolute atomic E-state index is 13.6. The predicted molar refractivity (Wildman–Crippen MR) is 100 cm³/mol. The van der Waals surface area contributed by atoms with Crippen molar-refractivity contribution in [2.75, 3.05) is 0 Å². The average molecular weight is 438 g/mol. The monoisotopic (exact) mass is 437 g/mol. The highest BCUT2D eigenvalue weighted by molar-refractivity contribution is 9.10. The Bertz CT molecular complexity index is 947. The number of likely N-dealkylation sites (tertiary alicyclic amines) is 1. The predicted octanol–water partition coefficient (Wildman–Crippen LogP) is 3.50. The van der Waals surface area contributed by atoms with Crippen molar-refractivity contribution in [3.8, 4) is 10.4 Å². The van der Waals surface area contributed by atoms with Crippen LogP contribution in [-0.4, -0.2) is 33.8 Å². The molecule has 136 valence electrons. The summed E-state index contributed by atoms with van der Waals surface area (Å²) in [6.07, 6.45) is 1.22. The van der Waals surface area contributed by atoms with E-state index in [-0.39, 0.29) is 29.7 Å². The number of aryl methyl sites for hydroxylation is 1. The van der Waals surface area contributed by atoms with Crippen LogP contribution in [0.2, 0.25) is 0 Å². The van der Waals surface area contributed by atoms with Gasteiger partial charge in [-0.3, -0.25) is 9.59 Å². The first-order valence-electron chi connectivity index (χ1n) is 8.30. The van der Waals surface area contributed by atoms with Gasteiger partial charge in [-0.25, -0.2) is 9.37 Å². The summed E-state index contributed by atoms with van der Waals surface area (Å²) in [7, 11) is 0. The molecular formula is C18H17BrFN3O2S. The van der Waals surface area contributed by atoms with Crippen LogP contribution in [0.4, 0.5) is 4.39 Å². The first-order valence-corrected chi connectivity index (χ1v) is 9.91. The Kier molecular flexibility index (Phi) is 3.96. The number of hydrogen-bond acceptors (Lipinski definition) is 4. The van der Waals surface area contributed by atoms with Gasteiger partial charge in [-0.05, 0) is 60.3 Å². The lowest BCUT2D eigenvalue weighted by atomic mass is 10.00. The molecule has 1 aromatic carbocycles. The van der Waals surface area contributed by atoms with Gasteiger partial charge in [-0.1, -0.05) is 6.07 Å². The number of thiazole rings is 1. The largest absolute Gasteiger partial charge is 0.369 e. The Morgan fingerprint density at radius 1 is 1.42 bits per heavy atom. The number of halogens is 2. The molecule has 2 amide bonds. The number of piperidine rings is 1. The molecule has 1 saturated heterocycles. The third-order valence-electron chi connectivity index (χ3n) is 5.35. The fourth-order valence-electron chi connectivity index (χ4n) is 4.04. The number of amides is 2. The summed E-state index contributed by atoms with van der Waals surface area (Å²) in [5.41, 5.74) is 6.08. The van der Waals surface area contributed by atoms with Gasteiger partial charge in [-0.15, -0.1) is 11.3 Å². The van der Waals surface area contributed by atoms with Gasteiger partial charge < -0.3 is 10.6 Å². The second kappa shape index (κ2) is 5.85. The first kappa shape index (κ1) is 17.6. The molecule has 1 aliphatic heterocycles. The molecule has 0 spiro atoms. The highest BCUT2D eigenvalue weighted by Gasteiger charge is 2.68. The molecule has 3 atom stereocenters. The van der Waals surface area contributed by atoms with Gasteiger partial charge in [-0.2, -0.15) is 0 Å². The van der Waals surface area contributed by atoms with Crippen LogP contribution in [0.5, 0.6) is 0 Å². The molecule has 2 fully saturated rings. The second-order valence-electron chi connectivity index (χ2n) is 7.05. The van der Waals surface area contributed by atoms with E-state index >= 15 is 0 Å². The van der Waals surface area contributed by atoms with Crippen LogP contribution in [-0.2, 0) is 4.79 Å². The molecule has 2 heterocycles. The number of benzene rings is 1. The van der Waals surface area contributed by atoms with Gasteiger partial charge in [0.2, 0.25) is 5.91 Å². The van der Waals surface area contributed by atoms with Crippen LogP contribution in [0, 0.1) is 18.2 Å². The van der Waals surface area contributed by atoms with Crippen molar-refractivity contribution < 1.29 is 14.0 Å². The van der Waals surface area contributed by atoms with Crippen molar-refractivity contribution >= 4 is 39.1 Å². The summed E-state index contributed by atoms with van der Waals surface area (Å²) >= 11 is 4.59.